The van der Waals surface area contributed by atoms with E-state index in [9.17, 15) is 4.79 Å². The first-order valence-electron chi connectivity index (χ1n) is 5.73. The van der Waals surface area contributed by atoms with Crippen LogP contribution in [-0.4, -0.2) is 40.6 Å². The molecule has 1 rings (SSSR count). The highest BCUT2D eigenvalue weighted by Gasteiger charge is 2.15. The van der Waals surface area contributed by atoms with Gasteiger partial charge in [-0.1, -0.05) is 6.58 Å². The number of carbonyl (C=O) groups is 1. The van der Waals surface area contributed by atoms with Crippen LogP contribution in [0.4, 0.5) is 0 Å². The maximum atomic E-state index is 12.1. The molecule has 1 N–H and O–H groups in total. The topological polar surface area (TPSA) is 40.0 Å². The molecular formula is C14H20ClNO3. The number of methoxy groups -OCH3 is 2. The molecule has 0 spiro atoms. The third kappa shape index (κ3) is 4.58. The predicted octanol–water partition coefficient (Wildman–Crippen LogP) is -2.41. The van der Waals surface area contributed by atoms with E-state index in [4.69, 9.17) is 9.47 Å². The van der Waals surface area contributed by atoms with Crippen LogP contribution in [0.1, 0.15) is 10.4 Å². The second kappa shape index (κ2) is 7.81. The van der Waals surface area contributed by atoms with E-state index in [0.29, 0.717) is 29.2 Å². The molecule has 4 nitrogen and oxygen atoms in total. The van der Waals surface area contributed by atoms with Crippen molar-refractivity contribution in [2.45, 2.75) is 0 Å². The van der Waals surface area contributed by atoms with Crippen molar-refractivity contribution in [3.8, 4) is 11.5 Å². The predicted molar refractivity (Wildman–Crippen MR) is 70.7 cm³/mol. The van der Waals surface area contributed by atoms with Crippen LogP contribution >= 0.6 is 0 Å². The molecule has 0 fully saturated rings. The van der Waals surface area contributed by atoms with Gasteiger partial charge in [0, 0.05) is 11.1 Å². The van der Waals surface area contributed by atoms with Gasteiger partial charge in [-0.2, -0.15) is 0 Å². The highest BCUT2D eigenvalue weighted by atomic mass is 35.5. The summed E-state index contributed by atoms with van der Waals surface area (Å²) in [6.45, 7) is 4.45. The summed E-state index contributed by atoms with van der Waals surface area (Å²) < 4.78 is 10.3. The quantitative estimate of drug-likeness (QED) is 0.468. The molecule has 19 heavy (non-hydrogen) atoms. The van der Waals surface area contributed by atoms with Crippen molar-refractivity contribution in [1.82, 2.24) is 0 Å². The number of ketones is 1. The maximum absolute atomic E-state index is 12.1. The van der Waals surface area contributed by atoms with E-state index >= 15 is 0 Å². The molecular weight excluding hydrogens is 266 g/mol. The van der Waals surface area contributed by atoms with E-state index in [1.54, 1.807) is 32.4 Å². The molecule has 1 aromatic carbocycles. The van der Waals surface area contributed by atoms with Crippen molar-refractivity contribution in [3.05, 3.63) is 35.9 Å². The number of quaternary nitrogens is 1. The SMILES string of the molecule is C=C(C[NH+](C)C)C(=O)c1ccc(OC)c(OC)c1.[Cl-]. The number of carbonyl (C=O) groups excluding carboxylic acids is 1. The smallest absolute Gasteiger partial charge is 0.194 e. The Hall–Kier alpha value is -1.52. The van der Waals surface area contributed by atoms with Crippen molar-refractivity contribution in [2.75, 3.05) is 34.9 Å². The molecule has 0 heterocycles. The Morgan fingerprint density at radius 3 is 2.26 bits per heavy atom. The van der Waals surface area contributed by atoms with Crippen molar-refractivity contribution in [1.29, 1.82) is 0 Å². The third-order valence-corrected chi connectivity index (χ3v) is 2.53. The molecule has 0 aliphatic carbocycles. The van der Waals surface area contributed by atoms with Gasteiger partial charge in [0.15, 0.2) is 17.3 Å². The fourth-order valence-corrected chi connectivity index (χ4v) is 1.69. The fraction of sp³-hybridized carbons (Fsp3) is 0.357. The first-order valence-corrected chi connectivity index (χ1v) is 5.73. The van der Waals surface area contributed by atoms with Gasteiger partial charge in [0.05, 0.1) is 28.3 Å². The summed E-state index contributed by atoms with van der Waals surface area (Å²) in [5, 5.41) is 0. The number of hydrogen-bond donors (Lipinski definition) is 1. The van der Waals surface area contributed by atoms with Gasteiger partial charge in [-0.3, -0.25) is 4.79 Å². The molecule has 0 amide bonds. The number of likely N-dealkylation sites (N-methyl/N-ethyl adjacent to an activating group) is 1. The minimum atomic E-state index is -0.0582. The maximum Gasteiger partial charge on any atom is 0.194 e. The average molecular weight is 286 g/mol. The normalized spacial score (nSPS) is 9.74. The van der Waals surface area contributed by atoms with Crippen LogP contribution in [0.2, 0.25) is 0 Å². The molecule has 0 aliphatic rings. The lowest BCUT2D eigenvalue weighted by Crippen LogP contribution is -3.06. The Morgan fingerprint density at radius 1 is 1.21 bits per heavy atom. The lowest BCUT2D eigenvalue weighted by atomic mass is 10.0. The first-order chi connectivity index (χ1) is 8.49. The van der Waals surface area contributed by atoms with Crippen molar-refractivity contribution in [3.63, 3.8) is 0 Å². The summed E-state index contributed by atoms with van der Waals surface area (Å²) in [7, 11) is 7.07. The summed E-state index contributed by atoms with van der Waals surface area (Å²) in [6, 6.07) is 5.12. The molecule has 0 aromatic heterocycles. The summed E-state index contributed by atoms with van der Waals surface area (Å²) in [5.41, 5.74) is 1.15. The zero-order valence-corrected chi connectivity index (χ0v) is 12.5. The van der Waals surface area contributed by atoms with E-state index in [-0.39, 0.29) is 18.2 Å². The minimum absolute atomic E-state index is 0. The second-order valence-corrected chi connectivity index (χ2v) is 4.39. The van der Waals surface area contributed by atoms with E-state index in [1.165, 1.54) is 0 Å². The Balaban J connectivity index is 0.00000324. The number of rotatable bonds is 6. The van der Waals surface area contributed by atoms with Crippen LogP contribution in [0.25, 0.3) is 0 Å². The molecule has 0 aliphatic heterocycles. The van der Waals surface area contributed by atoms with Gasteiger partial charge in [0.2, 0.25) is 0 Å². The van der Waals surface area contributed by atoms with Gasteiger partial charge in [-0.25, -0.2) is 0 Å². The standard InChI is InChI=1S/C14H19NO3.ClH/c1-10(9-15(2)3)14(16)11-6-7-12(17-4)13(8-11)18-5;/h6-8H,1,9H2,2-5H3;1H. The highest BCUT2D eigenvalue weighted by molar-refractivity contribution is 6.08. The third-order valence-electron chi connectivity index (χ3n) is 2.53. The number of hydrogen-bond acceptors (Lipinski definition) is 3. The molecule has 0 atom stereocenters. The molecule has 0 saturated heterocycles. The van der Waals surface area contributed by atoms with Crippen molar-refractivity contribution < 1.29 is 31.6 Å². The summed E-state index contributed by atoms with van der Waals surface area (Å²) in [5.74, 6) is 1.10. The first kappa shape index (κ1) is 17.5. The monoisotopic (exact) mass is 285 g/mol. The van der Waals surface area contributed by atoms with Crippen LogP contribution in [0.3, 0.4) is 0 Å². The van der Waals surface area contributed by atoms with E-state index in [1.807, 2.05) is 14.1 Å². The van der Waals surface area contributed by atoms with Crippen LogP contribution < -0.4 is 26.8 Å². The molecule has 1 aromatic rings. The lowest BCUT2D eigenvalue weighted by molar-refractivity contribution is -0.852. The van der Waals surface area contributed by atoms with Crippen molar-refractivity contribution >= 4 is 5.78 Å². The largest absolute Gasteiger partial charge is 1.00 e. The minimum Gasteiger partial charge on any atom is -1.00 e. The number of benzene rings is 1. The molecule has 0 radical (unpaired) electrons. The van der Waals surface area contributed by atoms with Gasteiger partial charge in [-0.05, 0) is 18.2 Å². The van der Waals surface area contributed by atoms with Gasteiger partial charge >= 0.3 is 0 Å². The zero-order valence-electron chi connectivity index (χ0n) is 11.7. The van der Waals surface area contributed by atoms with Gasteiger partial charge < -0.3 is 26.8 Å². The second-order valence-electron chi connectivity index (χ2n) is 4.39. The zero-order chi connectivity index (χ0) is 13.7. The number of ether oxygens (including phenoxy) is 2. The van der Waals surface area contributed by atoms with Crippen LogP contribution in [-0.2, 0) is 0 Å². The van der Waals surface area contributed by atoms with Gasteiger partial charge in [0.1, 0.15) is 6.54 Å². The fourth-order valence-electron chi connectivity index (χ4n) is 1.69. The summed E-state index contributed by atoms with van der Waals surface area (Å²) >= 11 is 0. The Kier molecular flexibility index (Phi) is 7.19. The molecule has 5 heteroatoms. The van der Waals surface area contributed by atoms with Gasteiger partial charge in [0.25, 0.3) is 0 Å². The van der Waals surface area contributed by atoms with E-state index < -0.39 is 0 Å². The molecule has 0 saturated carbocycles. The van der Waals surface area contributed by atoms with E-state index in [2.05, 4.69) is 6.58 Å². The highest BCUT2D eigenvalue weighted by Crippen LogP contribution is 2.28. The summed E-state index contributed by atoms with van der Waals surface area (Å²) in [6.07, 6.45) is 0. The number of nitrogens with one attached hydrogen (secondary N) is 1. The van der Waals surface area contributed by atoms with Crippen molar-refractivity contribution in [2.24, 2.45) is 0 Å². The van der Waals surface area contributed by atoms with E-state index in [0.717, 1.165) is 4.90 Å². The average Bonchev–Trinajstić information content (AvgIpc) is 2.36. The Bertz CT molecular complexity index is 458. The van der Waals surface area contributed by atoms with Crippen LogP contribution in [0.15, 0.2) is 30.4 Å². The summed E-state index contributed by atoms with van der Waals surface area (Å²) in [4.78, 5) is 13.3. The molecule has 0 bridgehead atoms. The number of halogens is 1. The lowest BCUT2D eigenvalue weighted by Gasteiger charge is -2.11. The van der Waals surface area contributed by atoms with Crippen LogP contribution in [0.5, 0.6) is 11.5 Å². The molecule has 0 unspecified atom stereocenters. The Morgan fingerprint density at radius 2 is 1.79 bits per heavy atom. The number of Topliss-reactive ketones (excluding diaryl/α,β-unsaturated/α-hetero) is 1. The molecule has 106 valence electrons. The Labute approximate surface area is 120 Å². The van der Waals surface area contributed by atoms with Gasteiger partial charge in [-0.15, -0.1) is 0 Å². The van der Waals surface area contributed by atoms with Crippen LogP contribution in [0, 0.1) is 0 Å².